The third-order valence-corrected chi connectivity index (χ3v) is 11.1. The zero-order valence-electron chi connectivity index (χ0n) is 32.5. The minimum absolute atomic E-state index is 0.0459. The standard InChI is InChI=1S/C49H46N4O/c1-31-32(2)54-46-28-47(50-29-41(31)46)53-42-14-10-9-13-39(42)40-22-17-33(26-45(40)53)23-34-24-36(49(6,7)8)27-38(25-34)52-30-51(43-15-11-12-16-44(43)52)37-20-18-35(19-21-37)48(3,4)5/h9-22,24-29H,23H2,1-8H3. The molecule has 0 atom stereocenters. The number of para-hydroxylation sites is 3. The number of imidazole rings is 1. The van der Waals surface area contributed by atoms with Gasteiger partial charge >= 0.3 is 0 Å². The molecule has 9 rings (SSSR count). The van der Waals surface area contributed by atoms with Crippen molar-refractivity contribution in [1.29, 1.82) is 0 Å². The molecular weight excluding hydrogens is 661 g/mol. The van der Waals surface area contributed by atoms with E-state index < -0.39 is 0 Å². The normalized spacial score (nSPS) is 12.5. The summed E-state index contributed by atoms with van der Waals surface area (Å²) in [6.45, 7) is 17.7. The second-order valence-electron chi connectivity index (χ2n) is 16.9. The Hall–Kier alpha value is -5.94. The number of pyridine rings is 1. The van der Waals surface area contributed by atoms with E-state index in [1.54, 1.807) is 0 Å². The van der Waals surface area contributed by atoms with E-state index in [0.717, 1.165) is 68.0 Å². The van der Waals surface area contributed by atoms with Gasteiger partial charge in [0.05, 0.1) is 33.4 Å². The van der Waals surface area contributed by atoms with Crippen LogP contribution in [0.4, 0.5) is 0 Å². The summed E-state index contributed by atoms with van der Waals surface area (Å²) in [4.78, 5) is 4.98. The number of aromatic nitrogens is 4. The molecule has 0 N–H and O–H groups in total. The highest BCUT2D eigenvalue weighted by Gasteiger charge is 2.21. The van der Waals surface area contributed by atoms with E-state index in [9.17, 15) is 0 Å². The first-order chi connectivity index (χ1) is 25.8. The van der Waals surface area contributed by atoms with Gasteiger partial charge in [-0.05, 0) is 95.3 Å². The summed E-state index contributed by atoms with van der Waals surface area (Å²) < 4.78 is 12.9. The van der Waals surface area contributed by atoms with Crippen molar-refractivity contribution in [2.75, 3.05) is 0 Å². The van der Waals surface area contributed by atoms with E-state index in [4.69, 9.17) is 9.40 Å². The lowest BCUT2D eigenvalue weighted by Crippen LogP contribution is -2.29. The van der Waals surface area contributed by atoms with Crippen molar-refractivity contribution in [2.24, 2.45) is 0 Å². The highest BCUT2D eigenvalue weighted by atomic mass is 16.3. The predicted octanol–water partition coefficient (Wildman–Crippen LogP) is 11.7. The summed E-state index contributed by atoms with van der Waals surface area (Å²) in [5, 5.41) is 3.48. The van der Waals surface area contributed by atoms with Gasteiger partial charge in [-0.2, -0.15) is 0 Å². The Morgan fingerprint density at radius 2 is 1.35 bits per heavy atom. The molecule has 4 heterocycles. The van der Waals surface area contributed by atoms with E-state index in [0.29, 0.717) is 0 Å². The minimum Gasteiger partial charge on any atom is -0.461 e. The van der Waals surface area contributed by atoms with Crippen molar-refractivity contribution >= 4 is 43.8 Å². The highest BCUT2D eigenvalue weighted by Crippen LogP contribution is 2.35. The first-order valence-electron chi connectivity index (χ1n) is 18.9. The van der Waals surface area contributed by atoms with Gasteiger partial charge in [0.1, 0.15) is 17.2 Å². The smallest absolute Gasteiger partial charge is 0.269 e. The second kappa shape index (κ2) is 12.3. The van der Waals surface area contributed by atoms with Crippen LogP contribution in [-0.4, -0.2) is 14.1 Å². The fraction of sp³-hybridized carbons (Fsp3) is 0.224. The third kappa shape index (κ3) is 5.70. The molecule has 5 aromatic carbocycles. The summed E-state index contributed by atoms with van der Waals surface area (Å²) in [6.07, 6.45) is 6.48. The Kier molecular flexibility index (Phi) is 7.72. The molecule has 9 aromatic rings. The van der Waals surface area contributed by atoms with Gasteiger partial charge in [0.25, 0.3) is 6.33 Å². The molecule has 0 bridgehead atoms. The lowest BCUT2D eigenvalue weighted by molar-refractivity contribution is -0.572. The molecule has 54 heavy (non-hydrogen) atoms. The number of furan rings is 1. The van der Waals surface area contributed by atoms with Crippen LogP contribution in [0.1, 0.15) is 75.1 Å². The van der Waals surface area contributed by atoms with Crippen LogP contribution in [0.3, 0.4) is 0 Å². The number of hydrogen-bond donors (Lipinski definition) is 0. The van der Waals surface area contributed by atoms with Gasteiger partial charge in [-0.25, -0.2) is 4.98 Å². The molecule has 4 aromatic heterocycles. The van der Waals surface area contributed by atoms with Crippen molar-refractivity contribution < 1.29 is 8.98 Å². The molecule has 5 heteroatoms. The molecule has 0 aliphatic carbocycles. The first kappa shape index (κ1) is 33.9. The molecule has 0 aliphatic heterocycles. The van der Waals surface area contributed by atoms with Gasteiger partial charge < -0.3 is 4.42 Å². The quantitative estimate of drug-likeness (QED) is 0.132. The minimum atomic E-state index is -0.0459. The molecule has 0 amide bonds. The molecule has 0 aliphatic rings. The fourth-order valence-electron chi connectivity index (χ4n) is 7.85. The van der Waals surface area contributed by atoms with Crippen molar-refractivity contribution in [3.63, 3.8) is 0 Å². The van der Waals surface area contributed by atoms with E-state index in [2.05, 4.69) is 184 Å². The summed E-state index contributed by atoms with van der Waals surface area (Å²) in [5.74, 6) is 1.79. The molecule has 0 radical (unpaired) electrons. The van der Waals surface area contributed by atoms with Crippen LogP contribution in [0.5, 0.6) is 0 Å². The van der Waals surface area contributed by atoms with Crippen LogP contribution in [0.25, 0.3) is 61.0 Å². The van der Waals surface area contributed by atoms with Gasteiger partial charge in [-0.1, -0.05) is 114 Å². The van der Waals surface area contributed by atoms with Crippen LogP contribution in [-0.2, 0) is 17.3 Å². The number of hydrogen-bond acceptors (Lipinski definition) is 2. The SMILES string of the molecule is Cc1oc2cc(-n3c4ccccc4c4ccc(Cc5cc(-n6[c-][n+](-c7ccc(C(C)(C)C)cc7)c7ccccc76)cc(C(C)(C)C)c5)cc43)ncc2c1C. The van der Waals surface area contributed by atoms with Gasteiger partial charge in [-0.3, -0.25) is 13.7 Å². The first-order valence-corrected chi connectivity index (χ1v) is 18.9. The summed E-state index contributed by atoms with van der Waals surface area (Å²) in [6, 6.07) is 42.1. The molecule has 0 saturated heterocycles. The Bertz CT molecular complexity index is 2890. The van der Waals surface area contributed by atoms with E-state index in [1.807, 2.05) is 13.1 Å². The van der Waals surface area contributed by atoms with Crippen LogP contribution in [0, 0.1) is 20.2 Å². The average Bonchev–Trinajstić information content (AvgIpc) is 3.79. The number of nitrogens with zero attached hydrogens (tertiary/aromatic N) is 4. The highest BCUT2D eigenvalue weighted by molar-refractivity contribution is 6.09. The lowest BCUT2D eigenvalue weighted by Gasteiger charge is -2.22. The summed E-state index contributed by atoms with van der Waals surface area (Å²) in [7, 11) is 0. The summed E-state index contributed by atoms with van der Waals surface area (Å²) >= 11 is 0. The monoisotopic (exact) mass is 706 g/mol. The second-order valence-corrected chi connectivity index (χ2v) is 16.9. The molecule has 0 fully saturated rings. The molecule has 5 nitrogen and oxygen atoms in total. The van der Waals surface area contributed by atoms with Crippen LogP contribution in [0.15, 0.2) is 126 Å². The maximum atomic E-state index is 6.16. The third-order valence-electron chi connectivity index (χ3n) is 11.1. The van der Waals surface area contributed by atoms with Crippen molar-refractivity contribution in [3.8, 4) is 17.2 Å². The zero-order valence-corrected chi connectivity index (χ0v) is 32.5. The van der Waals surface area contributed by atoms with E-state index in [1.165, 1.54) is 33.0 Å². The number of fused-ring (bicyclic) bond motifs is 5. The van der Waals surface area contributed by atoms with Crippen LogP contribution in [0.2, 0.25) is 0 Å². The van der Waals surface area contributed by atoms with Gasteiger partial charge in [-0.15, -0.1) is 0 Å². The average molecular weight is 707 g/mol. The maximum Gasteiger partial charge on any atom is 0.269 e. The van der Waals surface area contributed by atoms with E-state index >= 15 is 0 Å². The number of rotatable bonds is 5. The van der Waals surface area contributed by atoms with Crippen molar-refractivity contribution in [2.45, 2.75) is 72.6 Å². The van der Waals surface area contributed by atoms with Gasteiger partial charge in [0.15, 0.2) is 0 Å². The van der Waals surface area contributed by atoms with Gasteiger partial charge in [0, 0.05) is 28.4 Å². The van der Waals surface area contributed by atoms with Crippen molar-refractivity contribution in [3.05, 3.63) is 161 Å². The molecule has 268 valence electrons. The van der Waals surface area contributed by atoms with Crippen LogP contribution < -0.4 is 4.57 Å². The zero-order chi connectivity index (χ0) is 37.5. The van der Waals surface area contributed by atoms with Crippen molar-refractivity contribution in [1.82, 2.24) is 14.1 Å². The largest absolute Gasteiger partial charge is 0.461 e. The Labute approximate surface area is 317 Å². The molecule has 0 saturated carbocycles. The lowest BCUT2D eigenvalue weighted by atomic mass is 9.85. The predicted molar refractivity (Wildman–Crippen MR) is 222 cm³/mol. The Balaban J connectivity index is 1.16. The molecular formula is C49H46N4O. The number of benzene rings is 5. The van der Waals surface area contributed by atoms with Gasteiger partial charge in [0.2, 0.25) is 0 Å². The van der Waals surface area contributed by atoms with E-state index in [-0.39, 0.29) is 10.8 Å². The summed E-state index contributed by atoms with van der Waals surface area (Å²) in [5.41, 5.74) is 13.9. The molecule has 0 spiro atoms. The maximum absolute atomic E-state index is 6.16. The Morgan fingerprint density at radius 3 is 2.11 bits per heavy atom. The number of aryl methyl sites for hydroxylation is 2. The van der Waals surface area contributed by atoms with Crippen LogP contribution >= 0.6 is 0 Å². The topological polar surface area (TPSA) is 39.8 Å². The molecule has 0 unspecified atom stereocenters. The Morgan fingerprint density at radius 1 is 0.648 bits per heavy atom. The fourth-order valence-corrected chi connectivity index (χ4v) is 7.85.